The van der Waals surface area contributed by atoms with Gasteiger partial charge in [-0.25, -0.2) is 8.78 Å². The van der Waals surface area contributed by atoms with E-state index in [4.69, 9.17) is 0 Å². The van der Waals surface area contributed by atoms with E-state index in [-0.39, 0.29) is 17.5 Å². The van der Waals surface area contributed by atoms with Crippen LogP contribution in [0.3, 0.4) is 0 Å². The van der Waals surface area contributed by atoms with Crippen LogP contribution >= 0.6 is 0 Å². The largest absolute Gasteiger partial charge is 0.368 e. The van der Waals surface area contributed by atoms with E-state index in [0.717, 1.165) is 5.69 Å². The van der Waals surface area contributed by atoms with Crippen LogP contribution in [-0.2, 0) is 0 Å². The van der Waals surface area contributed by atoms with Gasteiger partial charge in [-0.05, 0) is 54.6 Å². The number of hydrogen-bond acceptors (Lipinski definition) is 4. The van der Waals surface area contributed by atoms with E-state index in [0.29, 0.717) is 43.2 Å². The maximum absolute atomic E-state index is 13.4. The standard InChI is InChI=1S/C22H20F2N4O/c23-16-4-6-20(7-5-16)27-10-12-28(13-11-27)22(29)21-15-19(8-9-25-21)26-18-3-1-2-17(24)14-18/h1-9,14-15H,10-13H2,(H,25,26). The van der Waals surface area contributed by atoms with Gasteiger partial charge in [0.15, 0.2) is 0 Å². The lowest BCUT2D eigenvalue weighted by Gasteiger charge is -2.36. The van der Waals surface area contributed by atoms with Gasteiger partial charge in [-0.15, -0.1) is 0 Å². The van der Waals surface area contributed by atoms with Crippen LogP contribution in [0.5, 0.6) is 0 Å². The Bertz CT molecular complexity index is 1000. The number of benzene rings is 2. The molecular formula is C22H20F2N4O. The van der Waals surface area contributed by atoms with Gasteiger partial charge in [0.1, 0.15) is 17.3 Å². The van der Waals surface area contributed by atoms with E-state index in [1.54, 1.807) is 47.5 Å². The molecule has 4 rings (SSSR count). The molecule has 0 bridgehead atoms. The number of carbonyl (C=O) groups excluding carboxylic acids is 1. The monoisotopic (exact) mass is 394 g/mol. The Balaban J connectivity index is 1.40. The van der Waals surface area contributed by atoms with Crippen molar-refractivity contribution in [2.75, 3.05) is 36.4 Å². The third kappa shape index (κ3) is 4.51. The Morgan fingerprint density at radius 1 is 0.862 bits per heavy atom. The molecule has 0 aliphatic carbocycles. The minimum Gasteiger partial charge on any atom is -0.368 e. The number of rotatable bonds is 4. The molecule has 1 amide bonds. The smallest absolute Gasteiger partial charge is 0.272 e. The summed E-state index contributed by atoms with van der Waals surface area (Å²) in [5.41, 5.74) is 2.54. The molecule has 0 spiro atoms. The molecule has 3 aromatic rings. The summed E-state index contributed by atoms with van der Waals surface area (Å²) in [5.74, 6) is -0.744. The van der Waals surface area contributed by atoms with Gasteiger partial charge < -0.3 is 15.1 Å². The molecule has 2 aromatic carbocycles. The number of amides is 1. The van der Waals surface area contributed by atoms with Gasteiger partial charge in [0.05, 0.1) is 0 Å². The Labute approximate surface area is 167 Å². The van der Waals surface area contributed by atoms with E-state index >= 15 is 0 Å². The number of nitrogens with zero attached hydrogens (tertiary/aromatic N) is 3. The van der Waals surface area contributed by atoms with Crippen LogP contribution in [-0.4, -0.2) is 42.0 Å². The lowest BCUT2D eigenvalue weighted by molar-refractivity contribution is 0.0741. The van der Waals surface area contributed by atoms with Crippen LogP contribution in [0.15, 0.2) is 66.9 Å². The molecule has 1 aliphatic heterocycles. The molecule has 29 heavy (non-hydrogen) atoms. The first-order chi connectivity index (χ1) is 14.1. The Morgan fingerprint density at radius 2 is 1.59 bits per heavy atom. The molecule has 1 aliphatic rings. The summed E-state index contributed by atoms with van der Waals surface area (Å²) < 4.78 is 26.5. The first kappa shape index (κ1) is 18.9. The normalized spacial score (nSPS) is 14.0. The lowest BCUT2D eigenvalue weighted by Crippen LogP contribution is -2.49. The third-order valence-electron chi connectivity index (χ3n) is 4.85. The van der Waals surface area contributed by atoms with Crippen molar-refractivity contribution in [1.82, 2.24) is 9.88 Å². The zero-order valence-electron chi connectivity index (χ0n) is 15.7. The van der Waals surface area contributed by atoms with Crippen molar-refractivity contribution in [2.24, 2.45) is 0 Å². The van der Waals surface area contributed by atoms with Crippen LogP contribution in [0.4, 0.5) is 25.8 Å². The Kier molecular flexibility index (Phi) is 5.37. The SMILES string of the molecule is O=C(c1cc(Nc2cccc(F)c2)ccn1)N1CCN(c2ccc(F)cc2)CC1. The van der Waals surface area contributed by atoms with Crippen molar-refractivity contribution >= 4 is 23.0 Å². The van der Waals surface area contributed by atoms with Crippen molar-refractivity contribution in [2.45, 2.75) is 0 Å². The summed E-state index contributed by atoms with van der Waals surface area (Å²) in [7, 11) is 0. The maximum atomic E-state index is 13.4. The zero-order valence-corrected chi connectivity index (χ0v) is 15.7. The number of carbonyl (C=O) groups is 1. The Hall–Kier alpha value is -3.48. The number of aromatic nitrogens is 1. The maximum Gasteiger partial charge on any atom is 0.272 e. The fourth-order valence-electron chi connectivity index (χ4n) is 3.34. The summed E-state index contributed by atoms with van der Waals surface area (Å²) in [6, 6.07) is 15.9. The molecule has 0 radical (unpaired) electrons. The van der Waals surface area contributed by atoms with Crippen LogP contribution in [0.25, 0.3) is 0 Å². The summed E-state index contributed by atoms with van der Waals surface area (Å²) in [5, 5.41) is 3.09. The fraction of sp³-hybridized carbons (Fsp3) is 0.182. The van der Waals surface area contributed by atoms with Crippen LogP contribution in [0.1, 0.15) is 10.5 Å². The number of piperazine rings is 1. The second-order valence-electron chi connectivity index (χ2n) is 6.82. The molecule has 1 N–H and O–H groups in total. The van der Waals surface area contributed by atoms with Gasteiger partial charge in [-0.2, -0.15) is 0 Å². The average Bonchev–Trinajstić information content (AvgIpc) is 2.74. The lowest BCUT2D eigenvalue weighted by atomic mass is 10.2. The topological polar surface area (TPSA) is 48.5 Å². The molecule has 1 aromatic heterocycles. The first-order valence-electron chi connectivity index (χ1n) is 9.37. The average molecular weight is 394 g/mol. The molecule has 2 heterocycles. The predicted octanol–water partition coefficient (Wildman–Crippen LogP) is 4.07. The quantitative estimate of drug-likeness (QED) is 0.725. The molecule has 1 fully saturated rings. The van der Waals surface area contributed by atoms with Crippen molar-refractivity contribution in [3.8, 4) is 0 Å². The second-order valence-corrected chi connectivity index (χ2v) is 6.82. The number of hydrogen-bond donors (Lipinski definition) is 1. The summed E-state index contributed by atoms with van der Waals surface area (Å²) in [6.07, 6.45) is 1.56. The third-order valence-corrected chi connectivity index (χ3v) is 4.85. The number of anilines is 3. The number of halogens is 2. The predicted molar refractivity (Wildman–Crippen MR) is 108 cm³/mol. The minimum absolute atomic E-state index is 0.147. The van der Waals surface area contributed by atoms with E-state index in [1.165, 1.54) is 24.3 Å². The van der Waals surface area contributed by atoms with Crippen molar-refractivity contribution in [3.05, 3.63) is 84.2 Å². The van der Waals surface area contributed by atoms with Gasteiger partial charge in [-0.1, -0.05) is 6.07 Å². The van der Waals surface area contributed by atoms with Gasteiger partial charge in [-0.3, -0.25) is 9.78 Å². The molecular weight excluding hydrogens is 374 g/mol. The Morgan fingerprint density at radius 3 is 2.31 bits per heavy atom. The van der Waals surface area contributed by atoms with Gasteiger partial charge in [0, 0.05) is 49.4 Å². The molecule has 0 saturated carbocycles. The highest BCUT2D eigenvalue weighted by atomic mass is 19.1. The van der Waals surface area contributed by atoms with Crippen LogP contribution in [0.2, 0.25) is 0 Å². The molecule has 5 nitrogen and oxygen atoms in total. The van der Waals surface area contributed by atoms with Crippen molar-refractivity contribution < 1.29 is 13.6 Å². The van der Waals surface area contributed by atoms with E-state index < -0.39 is 0 Å². The summed E-state index contributed by atoms with van der Waals surface area (Å²) >= 11 is 0. The molecule has 0 atom stereocenters. The van der Waals surface area contributed by atoms with Gasteiger partial charge in [0.2, 0.25) is 0 Å². The minimum atomic E-state index is -0.334. The molecule has 0 unspecified atom stereocenters. The van der Waals surface area contributed by atoms with E-state index in [9.17, 15) is 13.6 Å². The van der Waals surface area contributed by atoms with Crippen molar-refractivity contribution in [1.29, 1.82) is 0 Å². The van der Waals surface area contributed by atoms with Crippen molar-refractivity contribution in [3.63, 3.8) is 0 Å². The number of nitrogens with one attached hydrogen (secondary N) is 1. The van der Waals surface area contributed by atoms with Crippen LogP contribution < -0.4 is 10.2 Å². The highest BCUT2D eigenvalue weighted by Crippen LogP contribution is 2.20. The zero-order chi connectivity index (χ0) is 20.2. The summed E-state index contributed by atoms with van der Waals surface area (Å²) in [4.78, 5) is 20.9. The fourth-order valence-corrected chi connectivity index (χ4v) is 3.34. The molecule has 148 valence electrons. The number of pyridine rings is 1. The second kappa shape index (κ2) is 8.26. The van der Waals surface area contributed by atoms with Crippen LogP contribution in [0, 0.1) is 11.6 Å². The highest BCUT2D eigenvalue weighted by molar-refractivity contribution is 5.93. The van der Waals surface area contributed by atoms with Gasteiger partial charge in [0.25, 0.3) is 5.91 Å². The van der Waals surface area contributed by atoms with Gasteiger partial charge >= 0.3 is 0 Å². The molecule has 1 saturated heterocycles. The first-order valence-corrected chi connectivity index (χ1v) is 9.37. The summed E-state index contributed by atoms with van der Waals surface area (Å²) in [6.45, 7) is 2.44. The van der Waals surface area contributed by atoms with E-state index in [2.05, 4.69) is 15.2 Å². The van der Waals surface area contributed by atoms with E-state index in [1.807, 2.05) is 0 Å². The molecule has 7 heteroatoms. The highest BCUT2D eigenvalue weighted by Gasteiger charge is 2.23.